The SMILES string of the molecule is O=C(Nc1nnc(C(F)F)s1)c1cc(-c2ccccc2[N+](=O)[O-])on1. The van der Waals surface area contributed by atoms with Gasteiger partial charge in [0, 0.05) is 12.1 Å². The van der Waals surface area contributed by atoms with E-state index in [1.54, 1.807) is 6.07 Å². The van der Waals surface area contributed by atoms with E-state index in [1.165, 1.54) is 24.3 Å². The van der Waals surface area contributed by atoms with E-state index in [1.807, 2.05) is 0 Å². The number of nitrogens with one attached hydrogen (secondary N) is 1. The van der Waals surface area contributed by atoms with Crippen molar-refractivity contribution < 1.29 is 23.0 Å². The van der Waals surface area contributed by atoms with E-state index in [4.69, 9.17) is 4.52 Å². The van der Waals surface area contributed by atoms with Crippen LogP contribution in [0, 0.1) is 10.1 Å². The zero-order chi connectivity index (χ0) is 18.0. The molecule has 1 N–H and O–H groups in total. The summed E-state index contributed by atoms with van der Waals surface area (Å²) in [6.45, 7) is 0. The number of benzene rings is 1. The first-order chi connectivity index (χ1) is 12.0. The number of nitro benzene ring substituents is 1. The number of hydrogen-bond acceptors (Lipinski definition) is 8. The minimum absolute atomic E-state index is 0.0167. The van der Waals surface area contributed by atoms with Crippen molar-refractivity contribution in [2.75, 3.05) is 5.32 Å². The van der Waals surface area contributed by atoms with Crippen molar-refractivity contribution in [1.29, 1.82) is 0 Å². The van der Waals surface area contributed by atoms with E-state index < -0.39 is 22.3 Å². The van der Waals surface area contributed by atoms with Crippen LogP contribution in [0.25, 0.3) is 11.3 Å². The normalized spacial score (nSPS) is 10.8. The van der Waals surface area contributed by atoms with Crippen LogP contribution in [0.2, 0.25) is 0 Å². The van der Waals surface area contributed by atoms with Crippen LogP contribution in [0.5, 0.6) is 0 Å². The molecule has 0 saturated heterocycles. The van der Waals surface area contributed by atoms with Crippen LogP contribution in [0.15, 0.2) is 34.9 Å². The predicted molar refractivity (Wildman–Crippen MR) is 81.4 cm³/mol. The lowest BCUT2D eigenvalue weighted by Crippen LogP contribution is -2.11. The van der Waals surface area contributed by atoms with Crippen LogP contribution in [0.1, 0.15) is 21.9 Å². The van der Waals surface area contributed by atoms with Crippen molar-refractivity contribution in [3.8, 4) is 11.3 Å². The van der Waals surface area contributed by atoms with Gasteiger partial charge in [-0.15, -0.1) is 10.2 Å². The van der Waals surface area contributed by atoms with Crippen molar-refractivity contribution >= 4 is 28.1 Å². The van der Waals surface area contributed by atoms with E-state index >= 15 is 0 Å². The third-order valence-corrected chi connectivity index (χ3v) is 3.80. The Kier molecular flexibility index (Phi) is 4.43. The largest absolute Gasteiger partial charge is 0.355 e. The molecule has 0 aliphatic heterocycles. The van der Waals surface area contributed by atoms with Gasteiger partial charge in [-0.3, -0.25) is 20.2 Å². The zero-order valence-electron chi connectivity index (χ0n) is 12.1. The molecule has 0 saturated carbocycles. The summed E-state index contributed by atoms with van der Waals surface area (Å²) in [4.78, 5) is 22.5. The van der Waals surface area contributed by atoms with Gasteiger partial charge in [0.05, 0.1) is 10.5 Å². The molecule has 1 amide bonds. The average Bonchev–Trinajstić information content (AvgIpc) is 3.24. The molecule has 0 aliphatic rings. The van der Waals surface area contributed by atoms with E-state index in [9.17, 15) is 23.7 Å². The molecular formula is C13H7F2N5O4S. The van der Waals surface area contributed by atoms with Gasteiger partial charge in [0.2, 0.25) is 5.13 Å². The molecule has 25 heavy (non-hydrogen) atoms. The van der Waals surface area contributed by atoms with Gasteiger partial charge >= 0.3 is 0 Å². The predicted octanol–water partition coefficient (Wildman–Crippen LogP) is 3.29. The van der Waals surface area contributed by atoms with Crippen LogP contribution in [0.3, 0.4) is 0 Å². The molecule has 0 unspecified atom stereocenters. The lowest BCUT2D eigenvalue weighted by Gasteiger charge is -1.97. The molecule has 0 aliphatic carbocycles. The fourth-order valence-electron chi connectivity index (χ4n) is 1.88. The van der Waals surface area contributed by atoms with Gasteiger partial charge in [0.25, 0.3) is 18.0 Å². The molecule has 12 heteroatoms. The molecular weight excluding hydrogens is 360 g/mol. The fourth-order valence-corrected chi connectivity index (χ4v) is 2.48. The van der Waals surface area contributed by atoms with Crippen molar-refractivity contribution in [1.82, 2.24) is 15.4 Å². The number of nitrogens with zero attached hydrogens (tertiary/aromatic N) is 4. The molecule has 0 radical (unpaired) electrons. The molecule has 1 aromatic carbocycles. The summed E-state index contributed by atoms with van der Waals surface area (Å²) in [7, 11) is 0. The van der Waals surface area contributed by atoms with Crippen molar-refractivity contribution in [2.45, 2.75) is 6.43 Å². The summed E-state index contributed by atoms with van der Waals surface area (Å²) in [5.41, 5.74) is -0.256. The van der Waals surface area contributed by atoms with Gasteiger partial charge in [0.1, 0.15) is 0 Å². The van der Waals surface area contributed by atoms with Crippen LogP contribution < -0.4 is 5.32 Å². The van der Waals surface area contributed by atoms with Crippen LogP contribution in [-0.2, 0) is 0 Å². The first-order valence-electron chi connectivity index (χ1n) is 6.59. The molecule has 2 heterocycles. The molecule has 0 fully saturated rings. The summed E-state index contributed by atoms with van der Waals surface area (Å²) in [5.74, 6) is -0.756. The van der Waals surface area contributed by atoms with Crippen molar-refractivity contribution in [3.05, 3.63) is 51.1 Å². The summed E-state index contributed by atoms with van der Waals surface area (Å²) in [6.07, 6.45) is -2.79. The molecule has 2 aromatic heterocycles. The Bertz CT molecular complexity index is 942. The molecule has 128 valence electrons. The second kappa shape index (κ2) is 6.68. The maximum atomic E-state index is 12.4. The van der Waals surface area contributed by atoms with Gasteiger partial charge in [0.15, 0.2) is 16.5 Å². The number of halogens is 2. The number of carbonyl (C=O) groups excluding carboxylic acids is 1. The second-order valence-electron chi connectivity index (χ2n) is 4.55. The maximum Gasteiger partial charge on any atom is 0.291 e. The van der Waals surface area contributed by atoms with Gasteiger partial charge in [-0.05, 0) is 6.07 Å². The van der Waals surface area contributed by atoms with Gasteiger partial charge < -0.3 is 4.52 Å². The van der Waals surface area contributed by atoms with Crippen molar-refractivity contribution in [3.63, 3.8) is 0 Å². The Morgan fingerprint density at radius 2 is 2.08 bits per heavy atom. The van der Waals surface area contributed by atoms with Crippen LogP contribution in [-0.4, -0.2) is 26.2 Å². The third kappa shape index (κ3) is 3.47. The van der Waals surface area contributed by atoms with Gasteiger partial charge in [-0.1, -0.05) is 28.6 Å². The first-order valence-corrected chi connectivity index (χ1v) is 7.40. The van der Waals surface area contributed by atoms with Gasteiger partial charge in [-0.25, -0.2) is 8.78 Å². The average molecular weight is 367 g/mol. The number of rotatable bonds is 5. The lowest BCUT2D eigenvalue weighted by atomic mass is 10.1. The number of aromatic nitrogens is 3. The van der Waals surface area contributed by atoms with Crippen LogP contribution in [0.4, 0.5) is 19.6 Å². The van der Waals surface area contributed by atoms with Crippen LogP contribution >= 0.6 is 11.3 Å². The molecule has 9 nitrogen and oxygen atoms in total. The number of amides is 1. The van der Waals surface area contributed by atoms with E-state index in [2.05, 4.69) is 20.7 Å². The Morgan fingerprint density at radius 1 is 1.32 bits per heavy atom. The molecule has 0 atom stereocenters. The monoisotopic (exact) mass is 367 g/mol. The third-order valence-electron chi connectivity index (χ3n) is 2.96. The number of anilines is 1. The standard InChI is InChI=1S/C13H7F2N5O4S/c14-10(15)12-17-18-13(25-12)16-11(21)7-5-9(24-19-7)6-3-1-2-4-8(6)20(22)23/h1-5,10H,(H,16,18,21). The number of nitro groups is 1. The van der Waals surface area contributed by atoms with E-state index in [0.717, 1.165) is 0 Å². The Hall–Kier alpha value is -3.28. The molecule has 0 bridgehead atoms. The van der Waals surface area contributed by atoms with Crippen molar-refractivity contribution in [2.24, 2.45) is 0 Å². The number of hydrogen-bond donors (Lipinski definition) is 1. The highest BCUT2D eigenvalue weighted by Gasteiger charge is 2.22. The summed E-state index contributed by atoms with van der Waals surface area (Å²) in [5, 5.41) is 22.8. The smallest absolute Gasteiger partial charge is 0.291 e. The highest BCUT2D eigenvalue weighted by Crippen LogP contribution is 2.30. The van der Waals surface area contributed by atoms with E-state index in [0.29, 0.717) is 11.3 Å². The summed E-state index contributed by atoms with van der Waals surface area (Å²) >= 11 is 0.522. The summed E-state index contributed by atoms with van der Waals surface area (Å²) in [6, 6.07) is 6.98. The molecule has 0 spiro atoms. The summed E-state index contributed by atoms with van der Waals surface area (Å²) < 4.78 is 29.9. The first kappa shape index (κ1) is 16.6. The minimum atomic E-state index is -2.79. The second-order valence-corrected chi connectivity index (χ2v) is 5.56. The zero-order valence-corrected chi connectivity index (χ0v) is 12.9. The molecule has 3 aromatic rings. The number of alkyl halides is 2. The highest BCUT2D eigenvalue weighted by molar-refractivity contribution is 7.15. The topological polar surface area (TPSA) is 124 Å². The van der Waals surface area contributed by atoms with Gasteiger partial charge in [-0.2, -0.15) is 0 Å². The quantitative estimate of drug-likeness (QED) is 0.542. The number of carbonyl (C=O) groups is 1. The Morgan fingerprint density at radius 3 is 2.76 bits per heavy atom. The lowest BCUT2D eigenvalue weighted by molar-refractivity contribution is -0.384. The minimum Gasteiger partial charge on any atom is -0.355 e. The Balaban J connectivity index is 1.81. The Labute approximate surface area is 141 Å². The number of para-hydroxylation sites is 1. The van der Waals surface area contributed by atoms with E-state index in [-0.39, 0.29) is 27.8 Å². The fraction of sp³-hybridized carbons (Fsp3) is 0.0769. The molecule has 3 rings (SSSR count). The maximum absolute atomic E-state index is 12.4. The highest BCUT2D eigenvalue weighted by atomic mass is 32.1.